The molecule has 1 aromatic carbocycles. The average molecular weight is 233 g/mol. The Morgan fingerprint density at radius 2 is 2.24 bits per heavy atom. The maximum atomic E-state index is 6.05. The fourth-order valence-corrected chi connectivity index (χ4v) is 3.08. The fourth-order valence-electron chi connectivity index (χ4n) is 3.08. The first-order valence-electron chi connectivity index (χ1n) is 6.33. The number of hydrogen-bond acceptors (Lipinski definition) is 3. The van der Waals surface area contributed by atoms with Crippen molar-refractivity contribution in [3.8, 4) is 0 Å². The third-order valence-electron chi connectivity index (χ3n) is 3.82. The van der Waals surface area contributed by atoms with Crippen molar-refractivity contribution in [2.45, 2.75) is 44.2 Å². The minimum atomic E-state index is -0.197. The molecular formula is C14H19NO2. The highest BCUT2D eigenvalue weighted by atomic mass is 16.7. The fraction of sp³-hybridized carbons (Fsp3) is 0.571. The van der Waals surface area contributed by atoms with Gasteiger partial charge in [-0.25, -0.2) is 0 Å². The van der Waals surface area contributed by atoms with Crippen LogP contribution in [0.15, 0.2) is 24.3 Å². The number of benzene rings is 1. The smallest absolute Gasteiger partial charge is 0.163 e. The number of ether oxygens (including phenoxy) is 2. The summed E-state index contributed by atoms with van der Waals surface area (Å²) in [5, 5.41) is 0. The summed E-state index contributed by atoms with van der Waals surface area (Å²) in [5.74, 6) is 0. The summed E-state index contributed by atoms with van der Waals surface area (Å²) in [4.78, 5) is 0. The SMILES string of the molecule is C[C@]12C[C@H](CCN)O[C@H](Cc3ccccc31)O2. The minimum absolute atomic E-state index is 0.0970. The van der Waals surface area contributed by atoms with Crippen LogP contribution in [0.2, 0.25) is 0 Å². The highest BCUT2D eigenvalue weighted by molar-refractivity contribution is 5.35. The van der Waals surface area contributed by atoms with Gasteiger partial charge in [-0.15, -0.1) is 0 Å². The molecule has 0 aromatic heterocycles. The Labute approximate surface area is 102 Å². The first kappa shape index (κ1) is 11.2. The third kappa shape index (κ3) is 1.88. The van der Waals surface area contributed by atoms with E-state index in [1.807, 2.05) is 0 Å². The molecule has 0 spiro atoms. The summed E-state index contributed by atoms with van der Waals surface area (Å²) in [6, 6.07) is 8.52. The van der Waals surface area contributed by atoms with Crippen LogP contribution in [0, 0.1) is 0 Å². The summed E-state index contributed by atoms with van der Waals surface area (Å²) in [7, 11) is 0. The van der Waals surface area contributed by atoms with Crippen molar-refractivity contribution in [2.75, 3.05) is 6.54 Å². The van der Waals surface area contributed by atoms with Crippen LogP contribution in [0.4, 0.5) is 0 Å². The molecule has 0 unspecified atom stereocenters. The highest BCUT2D eigenvalue weighted by Crippen LogP contribution is 2.43. The predicted molar refractivity (Wildman–Crippen MR) is 65.5 cm³/mol. The van der Waals surface area contributed by atoms with Gasteiger partial charge in [-0.1, -0.05) is 24.3 Å². The van der Waals surface area contributed by atoms with E-state index in [0.717, 1.165) is 19.3 Å². The molecule has 3 rings (SSSR count). The molecule has 1 saturated heterocycles. The molecule has 3 atom stereocenters. The topological polar surface area (TPSA) is 44.5 Å². The molecule has 2 N–H and O–H groups in total. The lowest BCUT2D eigenvalue weighted by atomic mass is 9.81. The van der Waals surface area contributed by atoms with Gasteiger partial charge >= 0.3 is 0 Å². The zero-order chi connectivity index (χ0) is 11.9. The van der Waals surface area contributed by atoms with E-state index < -0.39 is 0 Å². The Bertz CT molecular complexity index is 420. The lowest BCUT2D eigenvalue weighted by Crippen LogP contribution is -2.49. The molecule has 3 nitrogen and oxygen atoms in total. The first-order valence-corrected chi connectivity index (χ1v) is 6.33. The van der Waals surface area contributed by atoms with E-state index in [2.05, 4.69) is 31.2 Å². The lowest BCUT2D eigenvalue weighted by molar-refractivity contribution is -0.289. The van der Waals surface area contributed by atoms with E-state index in [-0.39, 0.29) is 18.0 Å². The van der Waals surface area contributed by atoms with E-state index in [9.17, 15) is 0 Å². The molecule has 3 heteroatoms. The number of nitrogens with two attached hydrogens (primary N) is 1. The van der Waals surface area contributed by atoms with Gasteiger partial charge in [0.1, 0.15) is 0 Å². The summed E-state index contributed by atoms with van der Waals surface area (Å²) in [6.45, 7) is 2.85. The van der Waals surface area contributed by atoms with Crippen LogP contribution >= 0.6 is 0 Å². The normalized spacial score (nSPS) is 35.4. The largest absolute Gasteiger partial charge is 0.349 e. The van der Waals surface area contributed by atoms with E-state index in [1.54, 1.807) is 0 Å². The van der Waals surface area contributed by atoms with E-state index >= 15 is 0 Å². The number of hydrogen-bond donors (Lipinski definition) is 1. The molecule has 2 aliphatic heterocycles. The molecule has 92 valence electrons. The average Bonchev–Trinajstić information content (AvgIpc) is 2.28. The maximum absolute atomic E-state index is 6.05. The van der Waals surface area contributed by atoms with Crippen molar-refractivity contribution in [1.29, 1.82) is 0 Å². The maximum Gasteiger partial charge on any atom is 0.163 e. The van der Waals surface area contributed by atoms with Gasteiger partial charge in [0.2, 0.25) is 0 Å². The molecule has 0 amide bonds. The van der Waals surface area contributed by atoms with E-state index in [0.29, 0.717) is 6.54 Å². The van der Waals surface area contributed by atoms with Crippen LogP contribution in [-0.4, -0.2) is 18.9 Å². The lowest BCUT2D eigenvalue weighted by Gasteiger charge is -2.47. The Balaban J connectivity index is 1.95. The standard InChI is InChI=1S/C14H19NO2/c1-14-9-11(6-7-15)16-13(17-14)8-10-4-2-3-5-12(10)14/h2-5,11,13H,6-9,15H2,1H3/t11-,13-,14-/m0/s1. The Kier molecular flexibility index (Phi) is 2.69. The molecule has 2 heterocycles. The van der Waals surface area contributed by atoms with Gasteiger partial charge in [-0.05, 0) is 31.0 Å². The quantitative estimate of drug-likeness (QED) is 0.849. The van der Waals surface area contributed by atoms with Crippen molar-refractivity contribution in [2.24, 2.45) is 5.73 Å². The highest BCUT2D eigenvalue weighted by Gasteiger charge is 2.44. The second kappa shape index (κ2) is 4.09. The van der Waals surface area contributed by atoms with Crippen molar-refractivity contribution in [3.05, 3.63) is 35.4 Å². The second-order valence-corrected chi connectivity index (χ2v) is 5.18. The minimum Gasteiger partial charge on any atom is -0.349 e. The van der Waals surface area contributed by atoms with Crippen molar-refractivity contribution in [1.82, 2.24) is 0 Å². The predicted octanol–water partition coefficient (Wildman–Crippen LogP) is 1.94. The molecule has 0 saturated carbocycles. The van der Waals surface area contributed by atoms with E-state index in [4.69, 9.17) is 15.2 Å². The monoisotopic (exact) mass is 233 g/mol. The zero-order valence-corrected chi connectivity index (χ0v) is 10.2. The molecule has 0 aliphatic carbocycles. The first-order chi connectivity index (χ1) is 8.21. The van der Waals surface area contributed by atoms with Gasteiger partial charge < -0.3 is 15.2 Å². The third-order valence-corrected chi connectivity index (χ3v) is 3.82. The zero-order valence-electron chi connectivity index (χ0n) is 10.2. The van der Waals surface area contributed by atoms with Gasteiger partial charge in [-0.2, -0.15) is 0 Å². The van der Waals surface area contributed by atoms with Crippen LogP contribution < -0.4 is 5.73 Å². The molecule has 17 heavy (non-hydrogen) atoms. The van der Waals surface area contributed by atoms with Gasteiger partial charge in [0.25, 0.3) is 0 Å². The van der Waals surface area contributed by atoms with Crippen LogP contribution in [0.1, 0.15) is 30.9 Å². The van der Waals surface area contributed by atoms with Gasteiger partial charge in [0.15, 0.2) is 6.29 Å². The van der Waals surface area contributed by atoms with Gasteiger partial charge in [0, 0.05) is 12.8 Å². The van der Waals surface area contributed by atoms with Crippen molar-refractivity contribution >= 4 is 0 Å². The molecule has 1 fully saturated rings. The van der Waals surface area contributed by atoms with Crippen LogP contribution in [0.5, 0.6) is 0 Å². The molecule has 2 aliphatic rings. The summed E-state index contributed by atoms with van der Waals surface area (Å²) in [6.07, 6.45) is 2.81. The van der Waals surface area contributed by atoms with Gasteiger partial charge in [-0.3, -0.25) is 0 Å². The van der Waals surface area contributed by atoms with Crippen molar-refractivity contribution in [3.63, 3.8) is 0 Å². The number of fused-ring (bicyclic) bond motifs is 4. The van der Waals surface area contributed by atoms with E-state index in [1.165, 1.54) is 11.1 Å². The molecular weight excluding hydrogens is 214 g/mol. The van der Waals surface area contributed by atoms with Crippen molar-refractivity contribution < 1.29 is 9.47 Å². The van der Waals surface area contributed by atoms with Crippen LogP contribution in [0.25, 0.3) is 0 Å². The molecule has 1 aromatic rings. The summed E-state index contributed by atoms with van der Waals surface area (Å²) in [5.41, 5.74) is 8.11. The summed E-state index contributed by atoms with van der Waals surface area (Å²) >= 11 is 0. The molecule has 2 bridgehead atoms. The Hall–Kier alpha value is -0.900. The van der Waals surface area contributed by atoms with Crippen LogP contribution in [-0.2, 0) is 21.5 Å². The van der Waals surface area contributed by atoms with Gasteiger partial charge in [0.05, 0.1) is 11.7 Å². The second-order valence-electron chi connectivity index (χ2n) is 5.18. The Morgan fingerprint density at radius 3 is 3.06 bits per heavy atom. The summed E-state index contributed by atoms with van der Waals surface area (Å²) < 4.78 is 12.0. The van der Waals surface area contributed by atoms with Crippen LogP contribution in [0.3, 0.4) is 0 Å². The molecule has 0 radical (unpaired) electrons. The Morgan fingerprint density at radius 1 is 1.41 bits per heavy atom. The number of rotatable bonds is 2.